The second-order valence-electron chi connectivity index (χ2n) is 7.81. The van der Waals surface area contributed by atoms with Crippen LogP contribution in [0.1, 0.15) is 31.0 Å². The first-order chi connectivity index (χ1) is 15.8. The number of fused-ring (bicyclic) bond motifs is 1. The molecule has 2 unspecified atom stereocenters. The monoisotopic (exact) mass is 460 g/mol. The molecule has 1 aliphatic rings. The average Bonchev–Trinajstić information content (AvgIpc) is 3.16. The first-order valence-electron chi connectivity index (χ1n) is 10.6. The van der Waals surface area contributed by atoms with Gasteiger partial charge in [0.15, 0.2) is 5.82 Å². The lowest BCUT2D eigenvalue weighted by atomic mass is 9.96. The number of nitrogens with zero attached hydrogens (tertiary/aromatic N) is 3. The van der Waals surface area contributed by atoms with Gasteiger partial charge in [0.05, 0.1) is 30.2 Å². The SMILES string of the molecule is CCNC(c1ccc(Nc2nn([C@H]3COCCC3C#N)c3cc[nH]c(=O)c23)cc1)C(F)(F)F. The highest BCUT2D eigenvalue weighted by molar-refractivity contribution is 5.91. The van der Waals surface area contributed by atoms with Crippen molar-refractivity contribution in [1.29, 1.82) is 5.26 Å². The first kappa shape index (κ1) is 22.8. The zero-order valence-corrected chi connectivity index (χ0v) is 17.8. The molecule has 11 heteroatoms. The van der Waals surface area contributed by atoms with E-state index < -0.39 is 12.2 Å². The van der Waals surface area contributed by atoms with Crippen molar-refractivity contribution in [3.8, 4) is 6.07 Å². The molecule has 1 saturated heterocycles. The lowest BCUT2D eigenvalue weighted by Crippen LogP contribution is -2.33. The van der Waals surface area contributed by atoms with Crippen LogP contribution in [0.15, 0.2) is 41.3 Å². The van der Waals surface area contributed by atoms with Crippen molar-refractivity contribution in [2.75, 3.05) is 25.1 Å². The number of aromatic amines is 1. The molecule has 3 N–H and O–H groups in total. The predicted octanol–water partition coefficient (Wildman–Crippen LogP) is 3.78. The van der Waals surface area contributed by atoms with Crippen LogP contribution in [-0.4, -0.2) is 40.7 Å². The number of nitriles is 1. The molecule has 8 nitrogen and oxygen atoms in total. The Morgan fingerprint density at radius 2 is 2.09 bits per heavy atom. The zero-order valence-electron chi connectivity index (χ0n) is 17.8. The van der Waals surface area contributed by atoms with E-state index in [0.717, 1.165) is 0 Å². The van der Waals surface area contributed by atoms with Crippen LogP contribution >= 0.6 is 0 Å². The molecule has 2 aromatic heterocycles. The van der Waals surface area contributed by atoms with Gasteiger partial charge in [-0.1, -0.05) is 19.1 Å². The molecule has 3 atom stereocenters. The van der Waals surface area contributed by atoms with Crippen LogP contribution < -0.4 is 16.2 Å². The number of alkyl halides is 3. The summed E-state index contributed by atoms with van der Waals surface area (Å²) in [5.41, 5.74) is 0.729. The Kier molecular flexibility index (Phi) is 6.40. The number of nitrogens with one attached hydrogen (secondary N) is 3. The van der Waals surface area contributed by atoms with Crippen molar-refractivity contribution in [1.82, 2.24) is 20.1 Å². The summed E-state index contributed by atoms with van der Waals surface area (Å²) < 4.78 is 47.2. The van der Waals surface area contributed by atoms with Gasteiger partial charge < -0.3 is 20.4 Å². The van der Waals surface area contributed by atoms with E-state index in [1.54, 1.807) is 17.7 Å². The number of aromatic nitrogens is 3. The molecule has 3 aromatic rings. The fourth-order valence-electron chi connectivity index (χ4n) is 4.08. The molecule has 0 aliphatic carbocycles. The van der Waals surface area contributed by atoms with Gasteiger partial charge in [-0.3, -0.25) is 9.48 Å². The van der Waals surface area contributed by atoms with E-state index in [1.807, 2.05) is 0 Å². The van der Waals surface area contributed by atoms with Crippen molar-refractivity contribution in [2.45, 2.75) is 31.6 Å². The Hall–Kier alpha value is -3.36. The summed E-state index contributed by atoms with van der Waals surface area (Å²) in [4.78, 5) is 15.2. The van der Waals surface area contributed by atoms with Crippen LogP contribution in [0.4, 0.5) is 24.7 Å². The summed E-state index contributed by atoms with van der Waals surface area (Å²) in [5.74, 6) is -0.0699. The third-order valence-corrected chi connectivity index (χ3v) is 5.68. The molecular formula is C22H23F3N6O2. The lowest BCUT2D eigenvalue weighted by molar-refractivity contribution is -0.157. The van der Waals surface area contributed by atoms with Crippen molar-refractivity contribution in [2.24, 2.45) is 5.92 Å². The van der Waals surface area contributed by atoms with Crippen LogP contribution in [0.25, 0.3) is 10.9 Å². The van der Waals surface area contributed by atoms with Crippen molar-refractivity contribution >= 4 is 22.4 Å². The molecule has 0 bridgehead atoms. The first-order valence-corrected chi connectivity index (χ1v) is 10.6. The summed E-state index contributed by atoms with van der Waals surface area (Å²) in [6.07, 6.45) is -2.36. The van der Waals surface area contributed by atoms with E-state index in [0.29, 0.717) is 36.2 Å². The molecule has 1 aromatic carbocycles. The van der Waals surface area contributed by atoms with E-state index in [4.69, 9.17) is 4.74 Å². The largest absolute Gasteiger partial charge is 0.407 e. The standard InChI is InChI=1S/C22H23F3N6O2/c1-2-27-19(22(23,24)25)13-3-5-15(6-4-13)29-20-18-16(7-9-28-21(18)32)31(30-20)17-12-33-10-8-14(17)11-26/h3-7,9,14,17,19,27H,2,8,10,12H2,1H3,(H,28,32)(H,29,30)/t14?,17-,19?/m0/s1. The summed E-state index contributed by atoms with van der Waals surface area (Å²) in [5, 5.41) is 19.9. The maximum atomic E-state index is 13.3. The van der Waals surface area contributed by atoms with Gasteiger partial charge in [0, 0.05) is 18.5 Å². The molecule has 0 saturated carbocycles. The topological polar surface area (TPSA) is 108 Å². The Balaban J connectivity index is 1.68. The molecule has 33 heavy (non-hydrogen) atoms. The van der Waals surface area contributed by atoms with Crippen LogP contribution in [0.5, 0.6) is 0 Å². The molecule has 1 fully saturated rings. The number of H-pyrrole nitrogens is 1. The highest BCUT2D eigenvalue weighted by atomic mass is 19.4. The number of benzene rings is 1. The predicted molar refractivity (Wildman–Crippen MR) is 116 cm³/mol. The number of pyridine rings is 1. The van der Waals surface area contributed by atoms with Crippen LogP contribution in [0, 0.1) is 17.2 Å². The van der Waals surface area contributed by atoms with E-state index in [-0.39, 0.29) is 35.4 Å². The maximum Gasteiger partial charge on any atom is 0.407 e. The minimum Gasteiger partial charge on any atom is -0.379 e. The third-order valence-electron chi connectivity index (χ3n) is 5.68. The van der Waals surface area contributed by atoms with Crippen LogP contribution in [0.3, 0.4) is 0 Å². The number of ether oxygens (including phenoxy) is 1. The van der Waals surface area contributed by atoms with Crippen molar-refractivity contribution in [3.05, 3.63) is 52.4 Å². The van der Waals surface area contributed by atoms with Crippen molar-refractivity contribution < 1.29 is 17.9 Å². The summed E-state index contributed by atoms with van der Waals surface area (Å²) in [6, 6.07) is 7.64. The van der Waals surface area contributed by atoms with Crippen LogP contribution in [0.2, 0.25) is 0 Å². The molecule has 0 spiro atoms. The second kappa shape index (κ2) is 9.25. The molecule has 4 rings (SSSR count). The molecule has 3 heterocycles. The summed E-state index contributed by atoms with van der Waals surface area (Å²) in [6.45, 7) is 2.56. The van der Waals surface area contributed by atoms with Gasteiger partial charge in [0.2, 0.25) is 0 Å². The van der Waals surface area contributed by atoms with Gasteiger partial charge in [-0.15, -0.1) is 0 Å². The van der Waals surface area contributed by atoms with E-state index >= 15 is 0 Å². The van der Waals surface area contributed by atoms with Gasteiger partial charge in [0.1, 0.15) is 11.4 Å². The maximum absolute atomic E-state index is 13.3. The summed E-state index contributed by atoms with van der Waals surface area (Å²) in [7, 11) is 0. The average molecular weight is 460 g/mol. The molecule has 174 valence electrons. The van der Waals surface area contributed by atoms with E-state index in [2.05, 4.69) is 26.8 Å². The van der Waals surface area contributed by atoms with Crippen molar-refractivity contribution in [3.63, 3.8) is 0 Å². The number of rotatable bonds is 6. The smallest absolute Gasteiger partial charge is 0.379 e. The number of anilines is 2. The Morgan fingerprint density at radius 1 is 1.33 bits per heavy atom. The lowest BCUT2D eigenvalue weighted by Gasteiger charge is -2.27. The molecule has 0 radical (unpaired) electrons. The van der Waals surface area contributed by atoms with E-state index in [1.165, 1.54) is 30.5 Å². The van der Waals surface area contributed by atoms with Gasteiger partial charge in [-0.2, -0.15) is 23.5 Å². The highest BCUT2D eigenvalue weighted by Crippen LogP contribution is 2.34. The van der Waals surface area contributed by atoms with E-state index in [9.17, 15) is 23.2 Å². The highest BCUT2D eigenvalue weighted by Gasteiger charge is 2.40. The van der Waals surface area contributed by atoms with Crippen LogP contribution in [-0.2, 0) is 4.74 Å². The zero-order chi connectivity index (χ0) is 23.6. The number of hydrogen-bond acceptors (Lipinski definition) is 6. The molecule has 0 amide bonds. The van der Waals surface area contributed by atoms with Gasteiger partial charge in [-0.25, -0.2) is 0 Å². The van der Waals surface area contributed by atoms with Gasteiger partial charge >= 0.3 is 6.18 Å². The quantitative estimate of drug-likeness (QED) is 0.517. The Bertz CT molecular complexity index is 1210. The molecule has 1 aliphatic heterocycles. The third kappa shape index (κ3) is 4.58. The Labute approximate surface area is 187 Å². The summed E-state index contributed by atoms with van der Waals surface area (Å²) >= 11 is 0. The minimum atomic E-state index is -4.42. The molecular weight excluding hydrogens is 437 g/mol. The van der Waals surface area contributed by atoms with Gasteiger partial charge in [-0.05, 0) is 36.7 Å². The fourth-order valence-corrected chi connectivity index (χ4v) is 4.08. The second-order valence-corrected chi connectivity index (χ2v) is 7.81. The number of halogens is 3. The normalized spacial score (nSPS) is 19.8. The minimum absolute atomic E-state index is 0.0827. The Morgan fingerprint density at radius 3 is 2.76 bits per heavy atom. The van der Waals surface area contributed by atoms with Gasteiger partial charge in [0.25, 0.3) is 5.56 Å². The number of hydrogen-bond donors (Lipinski definition) is 3. The fraction of sp³-hybridized carbons (Fsp3) is 0.409.